The maximum Gasteiger partial charge on any atom is 0.326 e. The van der Waals surface area contributed by atoms with Crippen molar-refractivity contribution in [2.45, 2.75) is 52.7 Å². The average molecular weight is 334 g/mol. The van der Waals surface area contributed by atoms with Gasteiger partial charge in [0.05, 0.1) is 6.04 Å². The molecule has 1 aromatic rings. The van der Waals surface area contributed by atoms with Crippen LogP contribution in [0.15, 0.2) is 24.3 Å². The smallest absolute Gasteiger partial charge is 0.326 e. The third kappa shape index (κ3) is 7.13. The predicted octanol–water partition coefficient (Wildman–Crippen LogP) is 2.32. The van der Waals surface area contributed by atoms with Crippen molar-refractivity contribution in [2.75, 3.05) is 20.1 Å². The molecule has 1 atom stereocenters. The first kappa shape index (κ1) is 20.2. The number of likely N-dealkylation sites (N-methyl/N-ethyl adjacent to an activating group) is 2. The Morgan fingerprint density at radius 3 is 2.29 bits per heavy atom. The van der Waals surface area contributed by atoms with Gasteiger partial charge in [0.1, 0.15) is 12.1 Å². The Hall–Kier alpha value is -1.88. The first-order valence-corrected chi connectivity index (χ1v) is 8.38. The molecule has 1 aromatic carbocycles. The van der Waals surface area contributed by atoms with E-state index in [2.05, 4.69) is 5.32 Å². The maximum absolute atomic E-state index is 12.7. The van der Waals surface area contributed by atoms with Crippen LogP contribution in [0.3, 0.4) is 0 Å². The van der Waals surface area contributed by atoms with Gasteiger partial charge in [0.25, 0.3) is 0 Å². The molecular weight excluding hydrogens is 304 g/mol. The number of benzene rings is 1. The largest absolute Gasteiger partial charge is 0.459 e. The summed E-state index contributed by atoms with van der Waals surface area (Å²) in [6.07, 6.45) is 0.589. The number of nitrogens with zero attached hydrogens (tertiary/aromatic N) is 1. The molecule has 1 rings (SSSR count). The number of amides is 1. The molecule has 0 radical (unpaired) electrons. The molecule has 0 spiro atoms. The van der Waals surface area contributed by atoms with Gasteiger partial charge in [-0.25, -0.2) is 0 Å². The maximum atomic E-state index is 12.7. The normalized spacial score (nSPS) is 12.6. The molecule has 5 heteroatoms. The van der Waals surface area contributed by atoms with E-state index in [-0.39, 0.29) is 18.5 Å². The minimum Gasteiger partial charge on any atom is -0.459 e. The lowest BCUT2D eigenvalue weighted by molar-refractivity contribution is -0.158. The lowest BCUT2D eigenvalue weighted by Crippen LogP contribution is -2.48. The summed E-state index contributed by atoms with van der Waals surface area (Å²) in [4.78, 5) is 26.0. The molecule has 0 aliphatic carbocycles. The van der Waals surface area contributed by atoms with Crippen LogP contribution in [0, 0.1) is 6.92 Å². The Bertz CT molecular complexity index is 547. The fourth-order valence-electron chi connectivity index (χ4n) is 2.36. The number of esters is 1. The van der Waals surface area contributed by atoms with Crippen LogP contribution in [-0.2, 0) is 20.7 Å². The van der Waals surface area contributed by atoms with Gasteiger partial charge in [-0.2, -0.15) is 0 Å². The number of hydrogen-bond acceptors (Lipinski definition) is 4. The zero-order chi connectivity index (χ0) is 18.3. The molecule has 0 aliphatic heterocycles. The Morgan fingerprint density at radius 2 is 1.79 bits per heavy atom. The van der Waals surface area contributed by atoms with Crippen molar-refractivity contribution in [2.24, 2.45) is 0 Å². The fraction of sp³-hybridized carbons (Fsp3) is 0.579. The van der Waals surface area contributed by atoms with Crippen LogP contribution in [0.25, 0.3) is 0 Å². The summed E-state index contributed by atoms with van der Waals surface area (Å²) in [5, 5.41) is 3.20. The SMILES string of the molecule is CCN[C@@H](Cc1ccc(C)cc1)C(=O)N(C)CC(=O)OC(C)(C)C. The van der Waals surface area contributed by atoms with Crippen LogP contribution in [-0.4, -0.2) is 48.6 Å². The minimum absolute atomic E-state index is 0.0497. The second-order valence-electron chi connectivity index (χ2n) is 7.08. The molecule has 0 aliphatic rings. The van der Waals surface area contributed by atoms with E-state index in [0.717, 1.165) is 5.56 Å². The summed E-state index contributed by atoms with van der Waals surface area (Å²) in [6.45, 7) is 10.1. The third-order valence-electron chi connectivity index (χ3n) is 3.47. The number of carbonyl (C=O) groups is 2. The summed E-state index contributed by atoms with van der Waals surface area (Å²) >= 11 is 0. The lowest BCUT2D eigenvalue weighted by atomic mass is 10.0. The number of ether oxygens (including phenoxy) is 1. The standard InChI is InChI=1S/C19H30N2O3/c1-7-20-16(12-15-10-8-14(2)9-11-15)18(23)21(6)13-17(22)24-19(3,4)5/h8-11,16,20H,7,12-13H2,1-6H3/t16-/m0/s1. The van der Waals surface area contributed by atoms with Crippen molar-refractivity contribution < 1.29 is 14.3 Å². The molecule has 5 nitrogen and oxygen atoms in total. The Labute approximate surface area is 145 Å². The highest BCUT2D eigenvalue weighted by molar-refractivity contribution is 5.86. The van der Waals surface area contributed by atoms with Crippen LogP contribution in [0.1, 0.15) is 38.8 Å². The highest BCUT2D eigenvalue weighted by Gasteiger charge is 2.25. The molecule has 1 amide bonds. The van der Waals surface area contributed by atoms with Crippen molar-refractivity contribution in [1.82, 2.24) is 10.2 Å². The molecule has 0 fully saturated rings. The topological polar surface area (TPSA) is 58.6 Å². The van der Waals surface area contributed by atoms with Gasteiger partial charge in [0.15, 0.2) is 0 Å². The van der Waals surface area contributed by atoms with Crippen molar-refractivity contribution in [1.29, 1.82) is 0 Å². The molecule has 0 aromatic heterocycles. The number of aryl methyl sites for hydroxylation is 1. The molecule has 24 heavy (non-hydrogen) atoms. The van der Waals surface area contributed by atoms with E-state index in [1.54, 1.807) is 7.05 Å². The second kappa shape index (κ2) is 8.83. The van der Waals surface area contributed by atoms with Crippen LogP contribution < -0.4 is 5.32 Å². The van der Waals surface area contributed by atoms with E-state index in [9.17, 15) is 9.59 Å². The van der Waals surface area contributed by atoms with Crippen LogP contribution in [0.2, 0.25) is 0 Å². The zero-order valence-corrected chi connectivity index (χ0v) is 15.7. The second-order valence-corrected chi connectivity index (χ2v) is 7.08. The summed E-state index contributed by atoms with van der Waals surface area (Å²) < 4.78 is 5.28. The third-order valence-corrected chi connectivity index (χ3v) is 3.47. The van der Waals surface area contributed by atoms with E-state index in [4.69, 9.17) is 4.74 Å². The monoisotopic (exact) mass is 334 g/mol. The Morgan fingerprint density at radius 1 is 1.21 bits per heavy atom. The highest BCUT2D eigenvalue weighted by Crippen LogP contribution is 2.10. The zero-order valence-electron chi connectivity index (χ0n) is 15.7. The quantitative estimate of drug-likeness (QED) is 0.778. The van der Waals surface area contributed by atoms with Crippen molar-refractivity contribution in [3.63, 3.8) is 0 Å². The predicted molar refractivity (Wildman–Crippen MR) is 95.8 cm³/mol. The van der Waals surface area contributed by atoms with Gasteiger partial charge in [-0.05, 0) is 46.2 Å². The molecule has 0 bridgehead atoms. The van der Waals surface area contributed by atoms with Gasteiger partial charge in [0.2, 0.25) is 5.91 Å². The molecule has 0 saturated carbocycles. The average Bonchev–Trinajstić information content (AvgIpc) is 2.46. The highest BCUT2D eigenvalue weighted by atomic mass is 16.6. The fourth-order valence-corrected chi connectivity index (χ4v) is 2.36. The van der Waals surface area contributed by atoms with Crippen LogP contribution >= 0.6 is 0 Å². The summed E-state index contributed by atoms with van der Waals surface area (Å²) in [6, 6.07) is 7.77. The summed E-state index contributed by atoms with van der Waals surface area (Å²) in [5.74, 6) is -0.507. The van der Waals surface area contributed by atoms with E-state index in [1.807, 2.05) is 58.9 Å². The van der Waals surface area contributed by atoms with E-state index in [0.29, 0.717) is 13.0 Å². The Kier molecular flexibility index (Phi) is 7.42. The molecule has 1 N–H and O–H groups in total. The molecule has 134 valence electrons. The van der Waals surface area contributed by atoms with Crippen molar-refractivity contribution in [3.8, 4) is 0 Å². The van der Waals surface area contributed by atoms with Crippen molar-refractivity contribution in [3.05, 3.63) is 35.4 Å². The van der Waals surface area contributed by atoms with Gasteiger partial charge >= 0.3 is 5.97 Å². The molecular formula is C19H30N2O3. The van der Waals surface area contributed by atoms with Crippen LogP contribution in [0.4, 0.5) is 0 Å². The van der Waals surface area contributed by atoms with E-state index >= 15 is 0 Å². The van der Waals surface area contributed by atoms with Gasteiger partial charge < -0.3 is 15.0 Å². The summed E-state index contributed by atoms with van der Waals surface area (Å²) in [5.41, 5.74) is 1.72. The van der Waals surface area contributed by atoms with E-state index in [1.165, 1.54) is 10.5 Å². The van der Waals surface area contributed by atoms with Gasteiger partial charge in [-0.1, -0.05) is 36.8 Å². The number of hydrogen-bond donors (Lipinski definition) is 1. The molecule has 0 unspecified atom stereocenters. The lowest BCUT2D eigenvalue weighted by Gasteiger charge is -2.26. The number of carbonyl (C=O) groups excluding carboxylic acids is 2. The molecule has 0 saturated heterocycles. The summed E-state index contributed by atoms with van der Waals surface area (Å²) in [7, 11) is 1.63. The first-order valence-electron chi connectivity index (χ1n) is 8.38. The van der Waals surface area contributed by atoms with Crippen molar-refractivity contribution >= 4 is 11.9 Å². The number of rotatable bonds is 7. The van der Waals surface area contributed by atoms with Gasteiger partial charge in [-0.15, -0.1) is 0 Å². The van der Waals surface area contributed by atoms with E-state index < -0.39 is 11.6 Å². The number of nitrogens with one attached hydrogen (secondary N) is 1. The Balaban J connectivity index is 2.70. The first-order chi connectivity index (χ1) is 11.1. The minimum atomic E-state index is -0.552. The van der Waals surface area contributed by atoms with Gasteiger partial charge in [-0.3, -0.25) is 9.59 Å². The van der Waals surface area contributed by atoms with Gasteiger partial charge in [0, 0.05) is 7.05 Å². The molecule has 0 heterocycles. The van der Waals surface area contributed by atoms with Crippen LogP contribution in [0.5, 0.6) is 0 Å².